The van der Waals surface area contributed by atoms with Gasteiger partial charge in [-0.3, -0.25) is 43.2 Å². The number of carboxylic acids is 6. The predicted molar refractivity (Wildman–Crippen MR) is 237 cm³/mol. The highest BCUT2D eigenvalue weighted by atomic mass is 16.4. The first-order valence-corrected chi connectivity index (χ1v) is 23.2. The van der Waals surface area contributed by atoms with Crippen molar-refractivity contribution in [3.05, 3.63) is 0 Å². The van der Waals surface area contributed by atoms with Crippen LogP contribution in [0.15, 0.2) is 0 Å². The van der Waals surface area contributed by atoms with E-state index in [4.69, 9.17) is 10.2 Å². The van der Waals surface area contributed by atoms with E-state index in [0.717, 1.165) is 64.2 Å². The summed E-state index contributed by atoms with van der Waals surface area (Å²) in [5.74, 6) is -13.0. The zero-order chi connectivity index (χ0) is 49.9. The fraction of sp³-hybridized carbons (Fsp3) is 0.756. The minimum Gasteiger partial charge on any atom is -0.481 e. The van der Waals surface area contributed by atoms with Crippen molar-refractivity contribution in [1.82, 2.24) is 21.3 Å². The third-order valence-electron chi connectivity index (χ3n) is 11.2. The molecule has 66 heavy (non-hydrogen) atoms. The van der Waals surface area contributed by atoms with Crippen molar-refractivity contribution < 1.29 is 83.4 Å². The summed E-state index contributed by atoms with van der Waals surface area (Å²) in [6.45, 7) is 0.243. The van der Waals surface area contributed by atoms with E-state index in [0.29, 0.717) is 32.1 Å². The number of carboxylic acid groups (broad SMARTS) is 6. The fourth-order valence-corrected chi connectivity index (χ4v) is 7.16. The average molecular weight is 943 g/mol. The van der Waals surface area contributed by atoms with Gasteiger partial charge < -0.3 is 51.9 Å². The molecule has 0 bridgehead atoms. The van der Waals surface area contributed by atoms with Gasteiger partial charge in [-0.2, -0.15) is 0 Å². The van der Waals surface area contributed by atoms with Crippen LogP contribution in [0.5, 0.6) is 0 Å². The number of likely N-dealkylation sites (N-methyl/N-ethyl adjacent to an activating group) is 1. The molecule has 0 spiro atoms. The maximum absolute atomic E-state index is 12.7. The Kier molecular flexibility index (Phi) is 33.7. The third-order valence-corrected chi connectivity index (χ3v) is 11.2. The Bertz CT molecular complexity index is 1570. The van der Waals surface area contributed by atoms with E-state index in [9.17, 15) is 73.2 Å². The Labute approximate surface area is 386 Å². The molecule has 0 aliphatic heterocycles. The number of unbranched alkanes of at least 4 members (excludes halogenated alkanes) is 12. The lowest BCUT2D eigenvalue weighted by Crippen LogP contribution is -2.41. The summed E-state index contributed by atoms with van der Waals surface area (Å²) in [4.78, 5) is 131. The van der Waals surface area contributed by atoms with Crippen LogP contribution < -0.4 is 21.3 Å². The Balaban J connectivity index is 4.63. The molecule has 0 fully saturated rings. The lowest BCUT2D eigenvalue weighted by Gasteiger charge is -2.17. The van der Waals surface area contributed by atoms with Gasteiger partial charge in [-0.15, -0.1) is 0 Å². The van der Waals surface area contributed by atoms with E-state index in [1.807, 2.05) is 0 Å². The monoisotopic (exact) mass is 943 g/mol. The van der Waals surface area contributed by atoms with E-state index < -0.39 is 127 Å². The number of amides is 3. The molecule has 0 aromatic carbocycles. The number of carbonyl (C=O) groups is 11. The average Bonchev–Trinajstić information content (AvgIpc) is 3.24. The molecule has 0 saturated heterocycles. The van der Waals surface area contributed by atoms with Gasteiger partial charge in [-0.25, -0.2) is 9.59 Å². The summed E-state index contributed by atoms with van der Waals surface area (Å²) in [5, 5.41) is 66.1. The number of hydrogen-bond donors (Lipinski definition) is 10. The smallest absolute Gasteiger partial charge is 0.326 e. The van der Waals surface area contributed by atoms with Crippen LogP contribution >= 0.6 is 0 Å². The molecule has 21 nitrogen and oxygen atoms in total. The van der Waals surface area contributed by atoms with Gasteiger partial charge in [-0.1, -0.05) is 64.2 Å². The van der Waals surface area contributed by atoms with Crippen LogP contribution in [-0.2, 0) is 52.7 Å². The van der Waals surface area contributed by atoms with E-state index in [1.54, 1.807) is 0 Å². The summed E-state index contributed by atoms with van der Waals surface area (Å²) in [7, 11) is 1.52. The Morgan fingerprint density at radius 2 is 0.742 bits per heavy atom. The molecule has 0 heterocycles. The maximum atomic E-state index is 12.7. The van der Waals surface area contributed by atoms with Crippen molar-refractivity contribution in [3.63, 3.8) is 0 Å². The van der Waals surface area contributed by atoms with Crippen LogP contribution in [0.1, 0.15) is 173 Å². The summed E-state index contributed by atoms with van der Waals surface area (Å²) in [6, 6.07) is -3.67. The first-order valence-electron chi connectivity index (χ1n) is 23.2. The summed E-state index contributed by atoms with van der Waals surface area (Å²) in [6.07, 6.45) is 9.36. The van der Waals surface area contributed by atoms with Gasteiger partial charge in [0.1, 0.15) is 29.7 Å². The van der Waals surface area contributed by atoms with Crippen molar-refractivity contribution in [2.24, 2.45) is 11.8 Å². The molecule has 0 radical (unpaired) electrons. The second-order valence-corrected chi connectivity index (χ2v) is 16.8. The summed E-state index contributed by atoms with van der Waals surface area (Å²) in [5.41, 5.74) is 0. The van der Waals surface area contributed by atoms with Gasteiger partial charge >= 0.3 is 35.8 Å². The second-order valence-electron chi connectivity index (χ2n) is 16.8. The molecule has 0 rings (SSSR count). The number of hydrogen-bond acceptors (Lipinski definition) is 12. The lowest BCUT2D eigenvalue weighted by molar-refractivity contribution is -0.145. The molecule has 376 valence electrons. The largest absolute Gasteiger partial charge is 0.481 e. The van der Waals surface area contributed by atoms with Crippen molar-refractivity contribution in [3.8, 4) is 0 Å². The van der Waals surface area contributed by atoms with E-state index in [2.05, 4.69) is 21.3 Å². The Morgan fingerprint density at radius 1 is 0.364 bits per heavy atom. The maximum Gasteiger partial charge on any atom is 0.326 e. The topological polar surface area (TPSA) is 357 Å². The minimum absolute atomic E-state index is 0.106. The van der Waals surface area contributed by atoms with Crippen LogP contribution in [0.4, 0.5) is 0 Å². The van der Waals surface area contributed by atoms with Gasteiger partial charge in [0.15, 0.2) is 0 Å². The van der Waals surface area contributed by atoms with Crippen LogP contribution in [0.2, 0.25) is 0 Å². The SMILES string of the molecule is CN[C@@H](CCCCNC(=O)CC[C@H](CC(=O)CC[C@H](NC(=O)CC[C@H](CC(=O)CC[C@H](NC(=O)CCCCCCCCCCCCCCC(=O)O)C(=O)O)C(=O)O)C(=O)O)C(=O)O)C(=O)O. The Morgan fingerprint density at radius 3 is 1.12 bits per heavy atom. The molecular formula is C45H74N4O17. The molecule has 3 amide bonds. The number of Topliss-reactive ketones (excluding diaryl/α,β-unsaturated/α-hetero) is 2. The van der Waals surface area contributed by atoms with Gasteiger partial charge in [0.25, 0.3) is 0 Å². The van der Waals surface area contributed by atoms with Crippen molar-refractivity contribution in [2.45, 2.75) is 191 Å². The first-order chi connectivity index (χ1) is 31.3. The molecule has 0 aliphatic carbocycles. The van der Waals surface area contributed by atoms with Gasteiger partial charge in [0.2, 0.25) is 17.7 Å². The molecule has 0 aromatic heterocycles. The molecule has 10 N–H and O–H groups in total. The molecular weight excluding hydrogens is 869 g/mol. The van der Waals surface area contributed by atoms with Gasteiger partial charge in [0.05, 0.1) is 11.8 Å². The summed E-state index contributed by atoms with van der Waals surface area (Å²) >= 11 is 0. The van der Waals surface area contributed by atoms with E-state index in [-0.39, 0.29) is 51.5 Å². The zero-order valence-corrected chi connectivity index (χ0v) is 38.4. The number of aliphatic carboxylic acids is 6. The zero-order valence-electron chi connectivity index (χ0n) is 38.4. The van der Waals surface area contributed by atoms with Crippen molar-refractivity contribution >= 4 is 65.1 Å². The molecule has 0 saturated carbocycles. The van der Waals surface area contributed by atoms with E-state index >= 15 is 0 Å². The standard InChI is InChI=1S/C45H74N4O17/c1-46-34(43(61)62)16-14-15-27-47-37(52)25-19-30(41(57)58)28-32(50)22-24-36(45(65)66)49-39(54)26-20-31(42(59)60)29-33(51)21-23-35(44(63)64)48-38(53)17-12-10-8-6-4-2-3-5-7-9-11-13-18-40(55)56/h30-31,34-36,46H,2-29H2,1H3,(H,47,52)(H,48,53)(H,49,54)(H,55,56)(H,57,58)(H,59,60)(H,61,62)(H,63,64)(H,65,66)/t30-,31-,34+,35+,36+/m1/s1. The van der Waals surface area contributed by atoms with Crippen LogP contribution in [0.25, 0.3) is 0 Å². The second kappa shape index (κ2) is 36.7. The van der Waals surface area contributed by atoms with Crippen molar-refractivity contribution in [1.29, 1.82) is 0 Å². The number of nitrogens with one attached hydrogen (secondary N) is 4. The minimum atomic E-state index is -1.58. The summed E-state index contributed by atoms with van der Waals surface area (Å²) < 4.78 is 0. The number of carbonyl (C=O) groups excluding carboxylic acids is 5. The normalized spacial score (nSPS) is 13.3. The van der Waals surface area contributed by atoms with Crippen LogP contribution in [-0.4, -0.2) is 127 Å². The number of ketones is 2. The van der Waals surface area contributed by atoms with Crippen LogP contribution in [0.3, 0.4) is 0 Å². The highest BCUT2D eigenvalue weighted by molar-refractivity contribution is 5.88. The lowest BCUT2D eigenvalue weighted by atomic mass is 9.93. The van der Waals surface area contributed by atoms with Gasteiger partial charge in [0, 0.05) is 57.9 Å². The number of rotatable bonds is 44. The first kappa shape index (κ1) is 60.5. The predicted octanol–water partition coefficient (Wildman–Crippen LogP) is 4.07. The highest BCUT2D eigenvalue weighted by Crippen LogP contribution is 2.18. The molecule has 21 heteroatoms. The molecule has 0 aromatic rings. The Hall–Kier alpha value is -5.47. The molecule has 5 atom stereocenters. The fourth-order valence-electron chi connectivity index (χ4n) is 7.16. The highest BCUT2D eigenvalue weighted by Gasteiger charge is 2.28. The van der Waals surface area contributed by atoms with Crippen molar-refractivity contribution in [2.75, 3.05) is 13.6 Å². The van der Waals surface area contributed by atoms with Gasteiger partial charge in [-0.05, 0) is 64.8 Å². The van der Waals surface area contributed by atoms with E-state index in [1.165, 1.54) is 7.05 Å². The third kappa shape index (κ3) is 32.2. The van der Waals surface area contributed by atoms with Crippen LogP contribution in [0, 0.1) is 11.8 Å². The molecule has 0 unspecified atom stereocenters. The molecule has 0 aliphatic rings. The quantitative estimate of drug-likeness (QED) is 0.0385.